The molecule has 29 heavy (non-hydrogen) atoms. The molecule has 0 aromatic heterocycles. The Morgan fingerprint density at radius 1 is 1.00 bits per heavy atom. The highest BCUT2D eigenvalue weighted by atomic mass is 16.3. The molecule has 1 saturated heterocycles. The molecule has 5 heteroatoms. The number of carbonyl (C=O) groups excluding carboxylic acids is 2. The number of aliphatic hydroxyl groups is 1. The zero-order valence-electron chi connectivity index (χ0n) is 17.0. The van der Waals surface area contributed by atoms with Crippen molar-refractivity contribution in [1.29, 1.82) is 0 Å². The van der Waals surface area contributed by atoms with Crippen LogP contribution in [-0.4, -0.2) is 59.0 Å². The van der Waals surface area contributed by atoms with Crippen molar-refractivity contribution < 1.29 is 14.7 Å². The van der Waals surface area contributed by atoms with E-state index in [-0.39, 0.29) is 42.3 Å². The van der Waals surface area contributed by atoms with E-state index in [1.165, 1.54) is 0 Å². The lowest BCUT2D eigenvalue weighted by atomic mass is 9.74. The Morgan fingerprint density at radius 3 is 2.17 bits per heavy atom. The fourth-order valence-corrected chi connectivity index (χ4v) is 4.40. The summed E-state index contributed by atoms with van der Waals surface area (Å²) in [6.45, 7) is 1.96. The molecule has 2 aliphatic rings. The number of carbonyl (C=O) groups is 2. The molecule has 152 valence electrons. The van der Waals surface area contributed by atoms with E-state index in [9.17, 15) is 14.7 Å². The van der Waals surface area contributed by atoms with Crippen molar-refractivity contribution in [2.45, 2.75) is 37.8 Å². The van der Waals surface area contributed by atoms with Gasteiger partial charge in [0.25, 0.3) is 0 Å². The zero-order valence-corrected chi connectivity index (χ0v) is 17.0. The van der Waals surface area contributed by atoms with E-state index in [2.05, 4.69) is 36.4 Å². The average Bonchev–Trinajstić information content (AvgIpc) is 3.57. The van der Waals surface area contributed by atoms with Crippen LogP contribution in [0.4, 0.5) is 0 Å². The molecule has 0 spiro atoms. The van der Waals surface area contributed by atoms with Crippen molar-refractivity contribution in [1.82, 2.24) is 9.80 Å². The van der Waals surface area contributed by atoms with Crippen LogP contribution in [0.25, 0.3) is 11.1 Å². The highest BCUT2D eigenvalue weighted by Gasteiger charge is 2.53. The monoisotopic (exact) mass is 392 g/mol. The van der Waals surface area contributed by atoms with Crippen molar-refractivity contribution in [3.8, 4) is 11.1 Å². The largest absolute Gasteiger partial charge is 0.394 e. The third-order valence-electron chi connectivity index (χ3n) is 6.31. The number of likely N-dealkylation sites (tertiary alicyclic amines) is 1. The second kappa shape index (κ2) is 7.99. The Hall–Kier alpha value is -2.66. The molecule has 1 heterocycles. The van der Waals surface area contributed by atoms with Crippen molar-refractivity contribution in [2.75, 3.05) is 20.2 Å². The fraction of sp³-hybridized carbons (Fsp3) is 0.417. The van der Waals surface area contributed by atoms with Gasteiger partial charge in [-0.2, -0.15) is 0 Å². The first-order valence-electron chi connectivity index (χ1n) is 10.3. The highest BCUT2D eigenvalue weighted by Crippen LogP contribution is 2.45. The van der Waals surface area contributed by atoms with Gasteiger partial charge in [0.15, 0.2) is 0 Å². The first-order chi connectivity index (χ1) is 14.0. The van der Waals surface area contributed by atoms with Crippen LogP contribution in [0.15, 0.2) is 54.6 Å². The first-order valence-corrected chi connectivity index (χ1v) is 10.3. The molecule has 3 atom stereocenters. The molecule has 2 fully saturated rings. The quantitative estimate of drug-likeness (QED) is 0.822. The van der Waals surface area contributed by atoms with E-state index >= 15 is 0 Å². The van der Waals surface area contributed by atoms with Gasteiger partial charge in [-0.3, -0.25) is 9.59 Å². The molecule has 2 aromatic carbocycles. The minimum atomic E-state index is -0.226. The molecular formula is C24H28N2O3. The lowest BCUT2D eigenvalue weighted by Crippen LogP contribution is -2.68. The summed E-state index contributed by atoms with van der Waals surface area (Å²) in [5.74, 6) is 0.225. The second-order valence-corrected chi connectivity index (χ2v) is 8.25. The number of hydrogen-bond acceptors (Lipinski definition) is 3. The van der Waals surface area contributed by atoms with E-state index in [1.54, 1.807) is 18.9 Å². The summed E-state index contributed by atoms with van der Waals surface area (Å²) >= 11 is 0. The van der Waals surface area contributed by atoms with Crippen molar-refractivity contribution >= 4 is 11.8 Å². The maximum absolute atomic E-state index is 12.8. The number of likely N-dealkylation sites (N-methyl/N-ethyl adjacent to an activating group) is 1. The van der Waals surface area contributed by atoms with Crippen LogP contribution in [0.5, 0.6) is 0 Å². The molecule has 1 saturated carbocycles. The smallest absolute Gasteiger partial charge is 0.226 e. The molecule has 2 amide bonds. The zero-order chi connectivity index (χ0) is 20.5. The Kier molecular flexibility index (Phi) is 5.41. The van der Waals surface area contributed by atoms with Crippen LogP contribution in [0.1, 0.15) is 31.2 Å². The molecule has 0 bridgehead atoms. The van der Waals surface area contributed by atoms with Gasteiger partial charge in [-0.25, -0.2) is 0 Å². The molecule has 1 N–H and O–H groups in total. The SMILES string of the molecule is CC(=O)N(C)C[C@H]1[C@H](c2ccc(-c3ccccc3)cc2)[C@@H](CO)N1C(=O)C1CC1. The third kappa shape index (κ3) is 3.79. The minimum absolute atomic E-state index is 0.0190. The van der Waals surface area contributed by atoms with Crippen molar-refractivity contribution in [2.24, 2.45) is 5.92 Å². The number of benzene rings is 2. The molecule has 2 aromatic rings. The van der Waals surface area contributed by atoms with E-state index in [1.807, 2.05) is 23.1 Å². The third-order valence-corrected chi connectivity index (χ3v) is 6.31. The summed E-state index contributed by atoms with van der Waals surface area (Å²) in [6.07, 6.45) is 1.86. The summed E-state index contributed by atoms with van der Waals surface area (Å²) in [6, 6.07) is 18.2. The van der Waals surface area contributed by atoms with Gasteiger partial charge in [0.1, 0.15) is 0 Å². The van der Waals surface area contributed by atoms with Gasteiger partial charge in [-0.1, -0.05) is 54.6 Å². The summed E-state index contributed by atoms with van der Waals surface area (Å²) < 4.78 is 0. The standard InChI is InChI=1S/C24H28N2O3/c1-16(28)25(2)14-21-23(22(15-27)26(21)24(29)20-12-13-20)19-10-8-18(9-11-19)17-6-4-3-5-7-17/h3-11,20-23,27H,12-15H2,1-2H3/t21-,22+,23-/m0/s1. The Morgan fingerprint density at radius 2 is 1.62 bits per heavy atom. The van der Waals surface area contributed by atoms with Crippen LogP contribution in [0.2, 0.25) is 0 Å². The van der Waals surface area contributed by atoms with Gasteiger partial charge in [0.2, 0.25) is 11.8 Å². The van der Waals surface area contributed by atoms with E-state index < -0.39 is 0 Å². The number of amides is 2. The maximum atomic E-state index is 12.8. The highest BCUT2D eigenvalue weighted by molar-refractivity contribution is 5.83. The Balaban J connectivity index is 1.60. The predicted molar refractivity (Wildman–Crippen MR) is 112 cm³/mol. The van der Waals surface area contributed by atoms with Crippen LogP contribution in [0.3, 0.4) is 0 Å². The van der Waals surface area contributed by atoms with Gasteiger partial charge < -0.3 is 14.9 Å². The van der Waals surface area contributed by atoms with Gasteiger partial charge in [-0.15, -0.1) is 0 Å². The van der Waals surface area contributed by atoms with E-state index in [4.69, 9.17) is 0 Å². The summed E-state index contributed by atoms with van der Waals surface area (Å²) in [5, 5.41) is 10.1. The first kappa shape index (κ1) is 19.6. The number of nitrogens with zero attached hydrogens (tertiary/aromatic N) is 2. The predicted octanol–water partition coefficient (Wildman–Crippen LogP) is 2.90. The van der Waals surface area contributed by atoms with Gasteiger partial charge >= 0.3 is 0 Å². The lowest BCUT2D eigenvalue weighted by Gasteiger charge is -2.56. The summed E-state index contributed by atoms with van der Waals surface area (Å²) in [5.41, 5.74) is 3.40. The molecule has 4 rings (SSSR count). The molecular weight excluding hydrogens is 364 g/mol. The molecule has 1 aliphatic carbocycles. The fourth-order valence-electron chi connectivity index (χ4n) is 4.40. The number of hydrogen-bond donors (Lipinski definition) is 1. The summed E-state index contributed by atoms with van der Waals surface area (Å²) in [4.78, 5) is 28.2. The Bertz CT molecular complexity index is 877. The van der Waals surface area contributed by atoms with Crippen LogP contribution in [-0.2, 0) is 9.59 Å². The van der Waals surface area contributed by atoms with E-state index in [0.717, 1.165) is 29.5 Å². The Labute approximate surface area is 171 Å². The van der Waals surface area contributed by atoms with Gasteiger partial charge in [0, 0.05) is 32.4 Å². The van der Waals surface area contributed by atoms with Gasteiger partial charge in [-0.05, 0) is 29.5 Å². The lowest BCUT2D eigenvalue weighted by molar-refractivity contribution is -0.155. The minimum Gasteiger partial charge on any atom is -0.394 e. The maximum Gasteiger partial charge on any atom is 0.226 e. The van der Waals surface area contributed by atoms with Crippen LogP contribution in [0, 0.1) is 5.92 Å². The van der Waals surface area contributed by atoms with Gasteiger partial charge in [0.05, 0.1) is 18.7 Å². The second-order valence-electron chi connectivity index (χ2n) is 8.25. The van der Waals surface area contributed by atoms with Crippen molar-refractivity contribution in [3.63, 3.8) is 0 Å². The normalized spacial score (nSPS) is 23.4. The van der Waals surface area contributed by atoms with Crippen molar-refractivity contribution in [3.05, 3.63) is 60.2 Å². The summed E-state index contributed by atoms with van der Waals surface area (Å²) in [7, 11) is 1.77. The van der Waals surface area contributed by atoms with Crippen LogP contribution >= 0.6 is 0 Å². The molecule has 1 aliphatic heterocycles. The average molecular weight is 392 g/mol. The topological polar surface area (TPSA) is 60.9 Å². The number of rotatable bonds is 6. The van der Waals surface area contributed by atoms with Crippen LogP contribution < -0.4 is 0 Å². The van der Waals surface area contributed by atoms with E-state index in [0.29, 0.717) is 6.54 Å². The molecule has 0 radical (unpaired) electrons. The molecule has 0 unspecified atom stereocenters. The number of aliphatic hydroxyl groups excluding tert-OH is 1. The molecule has 5 nitrogen and oxygen atoms in total.